The number of aromatic nitrogens is 2. The van der Waals surface area contributed by atoms with Gasteiger partial charge in [-0.1, -0.05) is 18.2 Å². The van der Waals surface area contributed by atoms with Crippen LogP contribution in [0, 0.1) is 6.92 Å². The molecule has 1 heterocycles. The molecule has 0 fully saturated rings. The molecule has 0 atom stereocenters. The molecule has 28 heavy (non-hydrogen) atoms. The van der Waals surface area contributed by atoms with E-state index < -0.39 is 17.2 Å². The first-order valence-corrected chi connectivity index (χ1v) is 8.43. The highest BCUT2D eigenvalue weighted by Gasteiger charge is 2.17. The molecule has 0 spiro atoms. The molecule has 2 amide bonds. The van der Waals surface area contributed by atoms with Gasteiger partial charge in [0.1, 0.15) is 0 Å². The Morgan fingerprint density at radius 1 is 1.00 bits per heavy atom. The lowest BCUT2D eigenvalue weighted by molar-refractivity contribution is -0.114. The van der Waals surface area contributed by atoms with Gasteiger partial charge in [0.15, 0.2) is 11.4 Å². The van der Waals surface area contributed by atoms with Gasteiger partial charge in [0.2, 0.25) is 5.91 Å². The minimum Gasteiger partial charge on any atom is -0.505 e. The van der Waals surface area contributed by atoms with Gasteiger partial charge in [-0.25, -0.2) is 0 Å². The van der Waals surface area contributed by atoms with Crippen molar-refractivity contribution < 1.29 is 14.7 Å². The Labute approximate surface area is 160 Å². The number of benzene rings is 2. The summed E-state index contributed by atoms with van der Waals surface area (Å²) in [6.45, 7) is 3.24. The lowest BCUT2D eigenvalue weighted by Gasteiger charge is -2.11. The summed E-state index contributed by atoms with van der Waals surface area (Å²) in [7, 11) is 0. The summed E-state index contributed by atoms with van der Waals surface area (Å²) in [6, 6.07) is 14.5. The molecule has 0 saturated heterocycles. The minimum atomic E-state index is -0.695. The van der Waals surface area contributed by atoms with Crippen LogP contribution in [-0.2, 0) is 4.79 Å². The van der Waals surface area contributed by atoms with Crippen LogP contribution >= 0.6 is 0 Å². The van der Waals surface area contributed by atoms with E-state index in [9.17, 15) is 19.5 Å². The summed E-state index contributed by atoms with van der Waals surface area (Å²) < 4.78 is 1.05. The van der Waals surface area contributed by atoms with Crippen LogP contribution in [-0.4, -0.2) is 26.7 Å². The third-order valence-electron chi connectivity index (χ3n) is 3.81. The average molecular weight is 378 g/mol. The van der Waals surface area contributed by atoms with Crippen LogP contribution < -0.4 is 16.2 Å². The molecule has 0 bridgehead atoms. The van der Waals surface area contributed by atoms with E-state index in [1.807, 2.05) is 13.0 Å². The van der Waals surface area contributed by atoms with Gasteiger partial charge in [-0.05, 0) is 42.8 Å². The fraction of sp³-hybridized carbons (Fsp3) is 0.100. The normalized spacial score (nSPS) is 10.4. The van der Waals surface area contributed by atoms with Crippen molar-refractivity contribution in [3.8, 4) is 11.4 Å². The van der Waals surface area contributed by atoms with Crippen molar-refractivity contribution in [3.63, 3.8) is 0 Å². The second-order valence-electron chi connectivity index (χ2n) is 6.18. The quantitative estimate of drug-likeness (QED) is 0.645. The first-order chi connectivity index (χ1) is 13.3. The Bertz CT molecular complexity index is 1120. The van der Waals surface area contributed by atoms with E-state index in [-0.39, 0.29) is 11.6 Å². The highest BCUT2D eigenvalue weighted by atomic mass is 16.3. The number of carbonyl (C=O) groups is 2. The second kappa shape index (κ2) is 7.75. The molecular formula is C20H18N4O4. The van der Waals surface area contributed by atoms with Crippen molar-refractivity contribution in [2.45, 2.75) is 13.8 Å². The lowest BCUT2D eigenvalue weighted by atomic mass is 10.2. The molecule has 3 aromatic rings. The van der Waals surface area contributed by atoms with Crippen molar-refractivity contribution in [1.29, 1.82) is 0 Å². The summed E-state index contributed by atoms with van der Waals surface area (Å²) in [5, 5.41) is 19.3. The highest BCUT2D eigenvalue weighted by molar-refractivity contribution is 6.04. The Hall–Kier alpha value is -3.94. The van der Waals surface area contributed by atoms with Crippen molar-refractivity contribution in [2.75, 3.05) is 10.6 Å². The molecule has 2 aromatic carbocycles. The summed E-state index contributed by atoms with van der Waals surface area (Å²) >= 11 is 0. The van der Waals surface area contributed by atoms with Gasteiger partial charge in [-0.15, -0.1) is 0 Å². The molecule has 0 aliphatic heterocycles. The molecule has 142 valence electrons. The van der Waals surface area contributed by atoms with Crippen LogP contribution in [0.15, 0.2) is 59.4 Å². The van der Waals surface area contributed by atoms with Crippen molar-refractivity contribution in [1.82, 2.24) is 9.78 Å². The van der Waals surface area contributed by atoms with Crippen molar-refractivity contribution in [2.24, 2.45) is 0 Å². The van der Waals surface area contributed by atoms with E-state index in [1.165, 1.54) is 6.92 Å². The van der Waals surface area contributed by atoms with Crippen LogP contribution in [0.4, 0.5) is 11.4 Å². The van der Waals surface area contributed by atoms with E-state index in [1.54, 1.807) is 42.5 Å². The second-order valence-corrected chi connectivity index (χ2v) is 6.18. The van der Waals surface area contributed by atoms with E-state index in [0.717, 1.165) is 16.3 Å². The van der Waals surface area contributed by atoms with E-state index in [4.69, 9.17) is 0 Å². The van der Waals surface area contributed by atoms with Gasteiger partial charge < -0.3 is 15.7 Å². The monoisotopic (exact) mass is 378 g/mol. The number of hydrogen-bond donors (Lipinski definition) is 3. The molecular weight excluding hydrogens is 360 g/mol. The zero-order chi connectivity index (χ0) is 20.3. The maximum absolute atomic E-state index is 12.6. The third-order valence-corrected chi connectivity index (χ3v) is 3.81. The molecule has 1 aromatic heterocycles. The van der Waals surface area contributed by atoms with Gasteiger partial charge in [0.25, 0.3) is 11.5 Å². The van der Waals surface area contributed by atoms with Crippen molar-refractivity contribution >= 4 is 23.2 Å². The van der Waals surface area contributed by atoms with Crippen LogP contribution in [0.1, 0.15) is 23.0 Å². The zero-order valence-corrected chi connectivity index (χ0v) is 15.3. The third kappa shape index (κ3) is 4.24. The lowest BCUT2D eigenvalue weighted by Crippen LogP contribution is -2.25. The number of aromatic hydroxyl groups is 1. The van der Waals surface area contributed by atoms with E-state index in [2.05, 4.69) is 15.7 Å². The molecule has 3 rings (SSSR count). The maximum Gasteiger partial charge on any atom is 0.279 e. The number of rotatable bonds is 4. The maximum atomic E-state index is 12.6. The van der Waals surface area contributed by atoms with Gasteiger partial charge in [0.05, 0.1) is 5.69 Å². The number of amides is 2. The molecule has 0 aliphatic rings. The largest absolute Gasteiger partial charge is 0.505 e. The van der Waals surface area contributed by atoms with Gasteiger partial charge in [-0.2, -0.15) is 9.78 Å². The average Bonchev–Trinajstić information content (AvgIpc) is 2.61. The first-order valence-electron chi connectivity index (χ1n) is 8.43. The minimum absolute atomic E-state index is 0.243. The smallest absolute Gasteiger partial charge is 0.279 e. The van der Waals surface area contributed by atoms with E-state index in [0.29, 0.717) is 17.1 Å². The summed E-state index contributed by atoms with van der Waals surface area (Å²) in [4.78, 5) is 36.0. The Kier molecular flexibility index (Phi) is 5.21. The predicted molar refractivity (Wildman–Crippen MR) is 105 cm³/mol. The Morgan fingerprint density at radius 2 is 1.68 bits per heavy atom. The van der Waals surface area contributed by atoms with Crippen molar-refractivity contribution in [3.05, 3.63) is 76.2 Å². The molecule has 0 saturated carbocycles. The van der Waals surface area contributed by atoms with E-state index >= 15 is 0 Å². The van der Waals surface area contributed by atoms with Crippen LogP contribution in [0.5, 0.6) is 5.75 Å². The summed E-state index contributed by atoms with van der Waals surface area (Å²) in [5.74, 6) is -1.46. The standard InChI is InChI=1S/C20H18N4O4/c1-12-5-3-8-16(9-12)24-18(27)11-17(26)19(23-24)20(28)22-15-7-4-6-14(10-15)21-13(2)25/h3-11,26H,1-2H3,(H,21,25)(H,22,28). The number of nitrogens with zero attached hydrogens (tertiary/aromatic N) is 2. The number of anilines is 2. The zero-order valence-electron chi connectivity index (χ0n) is 15.3. The fourth-order valence-corrected chi connectivity index (χ4v) is 2.62. The summed E-state index contributed by atoms with van der Waals surface area (Å²) in [6.07, 6.45) is 0. The number of hydrogen-bond acceptors (Lipinski definition) is 5. The van der Waals surface area contributed by atoms with Crippen LogP contribution in [0.2, 0.25) is 0 Å². The SMILES string of the molecule is CC(=O)Nc1cccc(NC(=O)c2nn(-c3cccc(C)c3)c(=O)cc2O)c1. The number of nitrogens with one attached hydrogen (secondary N) is 2. The van der Waals surface area contributed by atoms with Gasteiger partial charge in [-0.3, -0.25) is 14.4 Å². The number of aryl methyl sites for hydroxylation is 1. The molecule has 0 unspecified atom stereocenters. The summed E-state index contributed by atoms with van der Waals surface area (Å²) in [5.41, 5.74) is 1.43. The Morgan fingerprint density at radius 3 is 2.36 bits per heavy atom. The molecule has 8 heteroatoms. The van der Waals surface area contributed by atoms with Crippen LogP contribution in [0.25, 0.3) is 5.69 Å². The molecule has 0 aliphatic carbocycles. The predicted octanol–water partition coefficient (Wildman–Crippen LogP) is 2.46. The molecule has 3 N–H and O–H groups in total. The van der Waals surface area contributed by atoms with Gasteiger partial charge in [0, 0.05) is 24.4 Å². The van der Waals surface area contributed by atoms with Gasteiger partial charge >= 0.3 is 0 Å². The fourth-order valence-electron chi connectivity index (χ4n) is 2.62. The Balaban J connectivity index is 1.93. The highest BCUT2D eigenvalue weighted by Crippen LogP contribution is 2.18. The molecule has 0 radical (unpaired) electrons. The van der Waals surface area contributed by atoms with Crippen LogP contribution in [0.3, 0.4) is 0 Å². The first kappa shape index (κ1) is 18.8. The number of carbonyl (C=O) groups excluding carboxylic acids is 2. The molecule has 8 nitrogen and oxygen atoms in total. The topological polar surface area (TPSA) is 113 Å².